The number of alkyl carbamates (subject to hydrolysis) is 1. The highest BCUT2D eigenvalue weighted by atomic mass is 16.5. The number of nitrogens with one attached hydrogen (secondary N) is 3. The summed E-state index contributed by atoms with van der Waals surface area (Å²) in [5.41, 5.74) is 4.66. The Morgan fingerprint density at radius 3 is 2.12 bits per heavy atom. The zero-order chi connectivity index (χ0) is 34.5. The fraction of sp³-hybridized carbons (Fsp3) is 0.486. The van der Waals surface area contributed by atoms with Crippen LogP contribution >= 0.6 is 0 Å². The molecule has 4 amide bonds. The van der Waals surface area contributed by atoms with E-state index in [1.807, 2.05) is 56.1 Å². The summed E-state index contributed by atoms with van der Waals surface area (Å²) in [6.07, 6.45) is 3.63. The van der Waals surface area contributed by atoms with Crippen molar-refractivity contribution in [3.63, 3.8) is 0 Å². The predicted molar refractivity (Wildman–Crippen MR) is 185 cm³/mol. The summed E-state index contributed by atoms with van der Waals surface area (Å²) in [5, 5.41) is 5.60. The van der Waals surface area contributed by atoms with Gasteiger partial charge in [-0.25, -0.2) is 9.78 Å². The molecular formula is C37H48N6O5. The van der Waals surface area contributed by atoms with Crippen molar-refractivity contribution in [2.24, 2.45) is 23.7 Å². The number of nitrogens with zero attached hydrogens (tertiary/aromatic N) is 3. The fourth-order valence-corrected chi connectivity index (χ4v) is 6.42. The van der Waals surface area contributed by atoms with E-state index in [4.69, 9.17) is 0 Å². The van der Waals surface area contributed by atoms with Crippen molar-refractivity contribution in [2.75, 3.05) is 32.1 Å². The lowest BCUT2D eigenvalue weighted by molar-refractivity contribution is -0.137. The number of H-pyrrole nitrogens is 1. The molecule has 11 heteroatoms. The number of rotatable bonds is 10. The van der Waals surface area contributed by atoms with Gasteiger partial charge < -0.3 is 30.2 Å². The van der Waals surface area contributed by atoms with Gasteiger partial charge in [0.2, 0.25) is 17.7 Å². The van der Waals surface area contributed by atoms with Gasteiger partial charge >= 0.3 is 6.09 Å². The maximum Gasteiger partial charge on any atom is 0.407 e. The number of aromatic nitrogens is 2. The molecule has 256 valence electrons. The van der Waals surface area contributed by atoms with Gasteiger partial charge in [-0.2, -0.15) is 0 Å². The molecule has 0 radical (unpaired) electrons. The van der Waals surface area contributed by atoms with Crippen LogP contribution in [0.1, 0.15) is 65.7 Å². The zero-order valence-corrected chi connectivity index (χ0v) is 28.8. The Morgan fingerprint density at radius 1 is 0.854 bits per heavy atom. The van der Waals surface area contributed by atoms with E-state index in [1.54, 1.807) is 4.90 Å². The molecule has 0 bridgehead atoms. The van der Waals surface area contributed by atoms with E-state index in [1.165, 1.54) is 7.11 Å². The van der Waals surface area contributed by atoms with Crippen molar-refractivity contribution in [3.05, 3.63) is 60.6 Å². The first kappa shape index (κ1) is 34.7. The minimum absolute atomic E-state index is 0.0182. The molecule has 5 rings (SSSR count). The van der Waals surface area contributed by atoms with Crippen molar-refractivity contribution in [2.45, 2.75) is 66.0 Å². The van der Waals surface area contributed by atoms with Crippen molar-refractivity contribution in [3.8, 4) is 22.4 Å². The van der Waals surface area contributed by atoms with E-state index in [9.17, 15) is 19.2 Å². The molecule has 1 unspecified atom stereocenters. The van der Waals surface area contributed by atoms with Crippen molar-refractivity contribution >= 4 is 29.5 Å². The van der Waals surface area contributed by atoms with Gasteiger partial charge in [0.1, 0.15) is 11.9 Å². The standard InChI is InChI=1S/C37H48N6O5/c1-22(2)24(5)35(45)43-18-7-8-31(43)33-38-20-30(40-33)27-11-9-25(10-12-27)26-13-15-29(16-14-26)39-34(44)28-17-19-42(21-28)36(46)32(23(3)4)41-37(47)48-6/h9-16,20,22-24,28,31-32H,7-8,17-19,21H2,1-6H3,(H,38,40)(H,39,44)(H,41,47)/t24-,28?,31-,32-/m0/s1. The lowest BCUT2D eigenvalue weighted by Gasteiger charge is -2.27. The monoisotopic (exact) mass is 656 g/mol. The Morgan fingerprint density at radius 2 is 1.50 bits per heavy atom. The van der Waals surface area contributed by atoms with E-state index in [-0.39, 0.29) is 41.5 Å². The van der Waals surface area contributed by atoms with Gasteiger partial charge in [-0.15, -0.1) is 0 Å². The largest absolute Gasteiger partial charge is 0.453 e. The number of methoxy groups -OCH3 is 1. The number of benzene rings is 2. The number of hydrogen-bond donors (Lipinski definition) is 3. The molecular weight excluding hydrogens is 608 g/mol. The number of carbonyl (C=O) groups excluding carboxylic acids is 4. The smallest absolute Gasteiger partial charge is 0.407 e. The van der Waals surface area contributed by atoms with Crippen LogP contribution in [0.2, 0.25) is 0 Å². The van der Waals surface area contributed by atoms with Gasteiger partial charge in [-0.3, -0.25) is 14.4 Å². The number of imidazole rings is 1. The van der Waals surface area contributed by atoms with Gasteiger partial charge in [0.05, 0.1) is 31.0 Å². The lowest BCUT2D eigenvalue weighted by atomic mass is 9.96. The second-order valence-corrected chi connectivity index (χ2v) is 13.7. The first-order valence-corrected chi connectivity index (χ1v) is 17.0. The quantitative estimate of drug-likeness (QED) is 0.250. The summed E-state index contributed by atoms with van der Waals surface area (Å²) in [6.45, 7) is 11.4. The molecule has 2 aromatic carbocycles. The number of carbonyl (C=O) groups is 4. The third-order valence-corrected chi connectivity index (χ3v) is 9.78. The van der Waals surface area contributed by atoms with Crippen molar-refractivity contribution in [1.29, 1.82) is 0 Å². The molecule has 0 spiro atoms. The number of amides is 4. The summed E-state index contributed by atoms with van der Waals surface area (Å²) in [7, 11) is 1.26. The zero-order valence-electron chi connectivity index (χ0n) is 28.8. The Kier molecular flexibility index (Phi) is 10.9. The Balaban J connectivity index is 1.16. The molecule has 11 nitrogen and oxygen atoms in total. The first-order chi connectivity index (χ1) is 23.0. The molecule has 4 atom stereocenters. The molecule has 2 aliphatic heterocycles. The maximum atomic E-state index is 13.1. The van der Waals surface area contributed by atoms with Crippen LogP contribution in [0.5, 0.6) is 0 Å². The summed E-state index contributed by atoms with van der Waals surface area (Å²) < 4.78 is 4.67. The van der Waals surface area contributed by atoms with Crippen LogP contribution in [-0.4, -0.2) is 76.4 Å². The number of aromatic amines is 1. The van der Waals surface area contributed by atoms with E-state index < -0.39 is 12.1 Å². The number of hydrogen-bond acceptors (Lipinski definition) is 6. The van der Waals surface area contributed by atoms with E-state index >= 15 is 0 Å². The molecule has 0 saturated carbocycles. The van der Waals surface area contributed by atoms with Crippen LogP contribution in [0.3, 0.4) is 0 Å². The summed E-state index contributed by atoms with van der Waals surface area (Å²) in [6, 6.07) is 15.2. The van der Waals surface area contributed by atoms with Gasteiger partial charge in [0.15, 0.2) is 0 Å². The molecule has 2 saturated heterocycles. The van der Waals surface area contributed by atoms with Crippen molar-refractivity contribution in [1.82, 2.24) is 25.1 Å². The fourth-order valence-electron chi connectivity index (χ4n) is 6.42. The van der Waals surface area contributed by atoms with Crippen LogP contribution in [0.15, 0.2) is 54.7 Å². The predicted octanol–water partition coefficient (Wildman–Crippen LogP) is 5.87. The number of ether oxygens (including phenoxy) is 1. The second kappa shape index (κ2) is 15.0. The average Bonchev–Trinajstić information content (AvgIpc) is 3.88. The minimum atomic E-state index is -0.712. The number of likely N-dealkylation sites (tertiary alicyclic amines) is 2. The summed E-state index contributed by atoms with van der Waals surface area (Å²) in [5.74, 6) is 0.502. The van der Waals surface area contributed by atoms with Gasteiger partial charge in [0, 0.05) is 31.2 Å². The van der Waals surface area contributed by atoms with Crippen LogP contribution in [-0.2, 0) is 19.1 Å². The highest BCUT2D eigenvalue weighted by Crippen LogP contribution is 2.34. The third kappa shape index (κ3) is 7.72. The molecule has 3 N–H and O–H groups in total. The summed E-state index contributed by atoms with van der Waals surface area (Å²) in [4.78, 5) is 62.7. The van der Waals surface area contributed by atoms with Gasteiger partial charge in [-0.05, 0) is 59.9 Å². The second-order valence-electron chi connectivity index (χ2n) is 13.7. The van der Waals surface area contributed by atoms with E-state index in [0.717, 1.165) is 47.6 Å². The molecule has 3 aromatic rings. The average molecular weight is 657 g/mol. The topological polar surface area (TPSA) is 137 Å². The highest BCUT2D eigenvalue weighted by Gasteiger charge is 2.37. The number of anilines is 1. The SMILES string of the molecule is COC(=O)N[C@H](C(=O)N1CCC(C(=O)Nc2ccc(-c3ccc(-c4cnc([C@@H]5CCCN5C(=O)[C@@H](C)C(C)C)[nH]4)cc3)cc2)C1)C(C)C. The minimum Gasteiger partial charge on any atom is -0.453 e. The lowest BCUT2D eigenvalue weighted by Crippen LogP contribution is -2.50. The van der Waals surface area contributed by atoms with Crippen LogP contribution in [0.25, 0.3) is 22.4 Å². The molecule has 2 fully saturated rings. The van der Waals surface area contributed by atoms with Crippen LogP contribution in [0, 0.1) is 23.7 Å². The van der Waals surface area contributed by atoms with Gasteiger partial charge in [0.25, 0.3) is 0 Å². The molecule has 2 aliphatic rings. The van der Waals surface area contributed by atoms with Crippen molar-refractivity contribution < 1.29 is 23.9 Å². The van der Waals surface area contributed by atoms with Crippen LogP contribution in [0.4, 0.5) is 10.5 Å². The Labute approximate surface area is 282 Å². The summed E-state index contributed by atoms with van der Waals surface area (Å²) >= 11 is 0. The highest BCUT2D eigenvalue weighted by molar-refractivity contribution is 5.94. The molecule has 0 aliphatic carbocycles. The molecule has 3 heterocycles. The van der Waals surface area contributed by atoms with E-state index in [2.05, 4.69) is 63.5 Å². The normalized spacial score (nSPS) is 19.0. The molecule has 48 heavy (non-hydrogen) atoms. The Hall–Kier alpha value is -4.67. The van der Waals surface area contributed by atoms with Crippen LogP contribution < -0.4 is 10.6 Å². The first-order valence-electron chi connectivity index (χ1n) is 17.0. The molecule has 1 aromatic heterocycles. The van der Waals surface area contributed by atoms with E-state index in [0.29, 0.717) is 31.1 Å². The third-order valence-electron chi connectivity index (χ3n) is 9.78. The van der Waals surface area contributed by atoms with Gasteiger partial charge in [-0.1, -0.05) is 71.0 Å². The maximum absolute atomic E-state index is 13.1. The Bertz CT molecular complexity index is 1600.